The highest BCUT2D eigenvalue weighted by Crippen LogP contribution is 2.23. The van der Waals surface area contributed by atoms with Crippen molar-refractivity contribution >= 4 is 21.6 Å². The minimum absolute atomic E-state index is 0.00818. The number of amides is 1. The smallest absolute Gasteiger partial charge is 0.228 e. The van der Waals surface area contributed by atoms with Crippen LogP contribution in [0.4, 0.5) is 5.69 Å². The van der Waals surface area contributed by atoms with Crippen molar-refractivity contribution < 1.29 is 13.2 Å². The molecule has 0 bridgehead atoms. The van der Waals surface area contributed by atoms with Gasteiger partial charge in [0.25, 0.3) is 0 Å². The van der Waals surface area contributed by atoms with Gasteiger partial charge in [-0.25, -0.2) is 13.1 Å². The van der Waals surface area contributed by atoms with Gasteiger partial charge in [-0.3, -0.25) is 4.79 Å². The Hall–Kier alpha value is -1.40. The first kappa shape index (κ1) is 13.0. The zero-order valence-corrected chi connectivity index (χ0v) is 11.0. The quantitative estimate of drug-likeness (QED) is 0.824. The molecule has 0 saturated carbocycles. The van der Waals surface area contributed by atoms with E-state index in [1.165, 1.54) is 0 Å². The lowest BCUT2D eigenvalue weighted by atomic mass is 10.1. The fraction of sp³-hybridized carbons (Fsp3) is 0.417. The number of anilines is 1. The lowest BCUT2D eigenvalue weighted by Crippen LogP contribution is -2.27. The summed E-state index contributed by atoms with van der Waals surface area (Å²) >= 11 is 0. The van der Waals surface area contributed by atoms with Crippen molar-refractivity contribution in [3.05, 3.63) is 29.3 Å². The topological polar surface area (TPSA) is 75.3 Å². The van der Waals surface area contributed by atoms with Gasteiger partial charge in [-0.15, -0.1) is 0 Å². The van der Waals surface area contributed by atoms with Crippen LogP contribution in [0.25, 0.3) is 0 Å². The molecule has 5 nitrogen and oxygen atoms in total. The van der Waals surface area contributed by atoms with E-state index in [4.69, 9.17) is 0 Å². The maximum Gasteiger partial charge on any atom is 0.228 e. The molecule has 0 fully saturated rings. The van der Waals surface area contributed by atoms with Crippen LogP contribution in [0.15, 0.2) is 18.2 Å². The summed E-state index contributed by atoms with van der Waals surface area (Å²) < 4.78 is 25.0. The molecule has 1 aromatic rings. The average Bonchev–Trinajstić information content (AvgIpc) is 2.68. The molecule has 1 aromatic carbocycles. The maximum absolute atomic E-state index is 11.3. The van der Waals surface area contributed by atoms with Gasteiger partial charge in [0.05, 0.1) is 12.2 Å². The van der Waals surface area contributed by atoms with E-state index in [9.17, 15) is 13.2 Å². The van der Waals surface area contributed by atoms with Crippen LogP contribution in [0.1, 0.15) is 18.1 Å². The molecule has 0 aromatic heterocycles. The number of carbonyl (C=O) groups is 1. The van der Waals surface area contributed by atoms with Crippen LogP contribution in [-0.4, -0.2) is 26.6 Å². The minimum Gasteiger partial charge on any atom is -0.326 e. The van der Waals surface area contributed by atoms with E-state index in [2.05, 4.69) is 10.0 Å². The Labute approximate surface area is 107 Å². The van der Waals surface area contributed by atoms with Gasteiger partial charge < -0.3 is 5.32 Å². The molecular weight excluding hydrogens is 252 g/mol. The first-order valence-corrected chi connectivity index (χ1v) is 7.54. The van der Waals surface area contributed by atoms with E-state index in [0.717, 1.165) is 16.8 Å². The lowest BCUT2D eigenvalue weighted by molar-refractivity contribution is -0.115. The van der Waals surface area contributed by atoms with Gasteiger partial charge in [-0.1, -0.05) is 12.1 Å². The van der Waals surface area contributed by atoms with Gasteiger partial charge in [0.1, 0.15) is 0 Å². The predicted molar refractivity (Wildman–Crippen MR) is 69.9 cm³/mol. The molecule has 2 N–H and O–H groups in total. The van der Waals surface area contributed by atoms with Crippen molar-refractivity contribution in [1.82, 2.24) is 4.72 Å². The van der Waals surface area contributed by atoms with Gasteiger partial charge >= 0.3 is 0 Å². The number of benzene rings is 1. The summed E-state index contributed by atoms with van der Waals surface area (Å²) in [5.74, 6) is 0.101. The summed E-state index contributed by atoms with van der Waals surface area (Å²) in [4.78, 5) is 11.2. The number of carbonyl (C=O) groups excluding carboxylic acids is 1. The van der Waals surface area contributed by atoms with E-state index in [-0.39, 0.29) is 11.7 Å². The Morgan fingerprint density at radius 1 is 1.39 bits per heavy atom. The normalized spacial score (nSPS) is 14.4. The summed E-state index contributed by atoms with van der Waals surface area (Å²) in [5.41, 5.74) is 2.87. The highest BCUT2D eigenvalue weighted by atomic mass is 32.2. The zero-order chi connectivity index (χ0) is 13.2. The monoisotopic (exact) mass is 268 g/mol. The molecule has 1 heterocycles. The molecule has 0 unspecified atom stereocenters. The molecule has 1 amide bonds. The van der Waals surface area contributed by atoms with Crippen LogP contribution in [0.3, 0.4) is 0 Å². The van der Waals surface area contributed by atoms with E-state index in [1.807, 2.05) is 18.2 Å². The van der Waals surface area contributed by atoms with Gasteiger partial charge in [0.2, 0.25) is 15.9 Å². The van der Waals surface area contributed by atoms with Gasteiger partial charge in [0, 0.05) is 12.2 Å². The molecule has 2 rings (SSSR count). The minimum atomic E-state index is -3.13. The molecule has 0 spiro atoms. The standard InChI is InChI=1S/C12H16N2O3S/c1-2-18(16,17)13-6-5-9-3-4-11-10(7-9)8-12(15)14-11/h3-4,7,13H,2,5-6,8H2,1H3,(H,14,15). The summed E-state index contributed by atoms with van der Waals surface area (Å²) in [5, 5.41) is 2.76. The number of rotatable bonds is 5. The zero-order valence-electron chi connectivity index (χ0n) is 10.2. The number of fused-ring (bicyclic) bond motifs is 1. The average molecular weight is 268 g/mol. The van der Waals surface area contributed by atoms with Crippen LogP contribution in [0.2, 0.25) is 0 Å². The fourth-order valence-corrected chi connectivity index (χ4v) is 2.51. The Balaban J connectivity index is 1.96. The van der Waals surface area contributed by atoms with Crippen molar-refractivity contribution in [2.45, 2.75) is 19.8 Å². The van der Waals surface area contributed by atoms with E-state index < -0.39 is 10.0 Å². The summed E-state index contributed by atoms with van der Waals surface area (Å²) in [7, 11) is -3.13. The Bertz CT molecular complexity index is 567. The second kappa shape index (κ2) is 5.07. The molecular formula is C12H16N2O3S. The highest BCUT2D eigenvalue weighted by Gasteiger charge is 2.17. The third-order valence-corrected chi connectivity index (χ3v) is 4.31. The van der Waals surface area contributed by atoms with Gasteiger partial charge in [0.15, 0.2) is 0 Å². The number of nitrogens with one attached hydrogen (secondary N) is 2. The Morgan fingerprint density at radius 2 is 2.17 bits per heavy atom. The number of hydrogen-bond donors (Lipinski definition) is 2. The van der Waals surface area contributed by atoms with Crippen LogP contribution in [-0.2, 0) is 27.7 Å². The molecule has 0 radical (unpaired) electrons. The largest absolute Gasteiger partial charge is 0.326 e. The van der Waals surface area contributed by atoms with E-state index >= 15 is 0 Å². The van der Waals surface area contributed by atoms with Crippen molar-refractivity contribution in [3.8, 4) is 0 Å². The lowest BCUT2D eigenvalue weighted by Gasteiger charge is -2.06. The van der Waals surface area contributed by atoms with Crippen LogP contribution in [0, 0.1) is 0 Å². The third-order valence-electron chi connectivity index (χ3n) is 2.91. The molecule has 0 aliphatic carbocycles. The predicted octanol–water partition coefficient (Wildman–Crippen LogP) is 0.663. The highest BCUT2D eigenvalue weighted by molar-refractivity contribution is 7.89. The first-order chi connectivity index (χ1) is 8.50. The summed E-state index contributed by atoms with van der Waals surface area (Å²) in [6, 6.07) is 5.72. The Kier molecular flexibility index (Phi) is 3.68. The number of sulfonamides is 1. The molecule has 18 heavy (non-hydrogen) atoms. The molecule has 0 atom stereocenters. The molecule has 98 valence electrons. The number of hydrogen-bond acceptors (Lipinski definition) is 3. The van der Waals surface area contributed by atoms with Crippen molar-refractivity contribution in [2.24, 2.45) is 0 Å². The van der Waals surface area contributed by atoms with Crippen LogP contribution < -0.4 is 10.0 Å². The second-order valence-electron chi connectivity index (χ2n) is 4.26. The molecule has 0 saturated heterocycles. The molecule has 1 aliphatic heterocycles. The first-order valence-electron chi connectivity index (χ1n) is 5.89. The van der Waals surface area contributed by atoms with Crippen LogP contribution in [0.5, 0.6) is 0 Å². The summed E-state index contributed by atoms with van der Waals surface area (Å²) in [6.07, 6.45) is 1.03. The van der Waals surface area contributed by atoms with Crippen LogP contribution >= 0.6 is 0 Å². The SMILES string of the molecule is CCS(=O)(=O)NCCc1ccc2c(c1)CC(=O)N2. The van der Waals surface area contributed by atoms with Gasteiger partial charge in [-0.05, 0) is 30.5 Å². The van der Waals surface area contributed by atoms with Crippen molar-refractivity contribution in [2.75, 3.05) is 17.6 Å². The summed E-state index contributed by atoms with van der Waals surface area (Å²) in [6.45, 7) is 1.99. The molecule has 1 aliphatic rings. The molecule has 6 heteroatoms. The van der Waals surface area contributed by atoms with Crippen molar-refractivity contribution in [1.29, 1.82) is 0 Å². The third kappa shape index (κ3) is 3.08. The van der Waals surface area contributed by atoms with E-state index in [1.54, 1.807) is 6.92 Å². The fourth-order valence-electron chi connectivity index (χ4n) is 1.89. The van der Waals surface area contributed by atoms with Crippen molar-refractivity contribution in [3.63, 3.8) is 0 Å². The van der Waals surface area contributed by atoms with E-state index in [0.29, 0.717) is 19.4 Å². The second-order valence-corrected chi connectivity index (χ2v) is 6.36. The maximum atomic E-state index is 11.3. The Morgan fingerprint density at radius 3 is 2.89 bits per heavy atom. The van der Waals surface area contributed by atoms with Gasteiger partial charge in [-0.2, -0.15) is 0 Å².